The molecule has 1 heterocycles. The van der Waals surface area contributed by atoms with Crippen LogP contribution in [0.3, 0.4) is 0 Å². The van der Waals surface area contributed by atoms with Crippen molar-refractivity contribution in [1.29, 1.82) is 0 Å². The third-order valence-electron chi connectivity index (χ3n) is 6.37. The molecule has 0 amide bonds. The van der Waals surface area contributed by atoms with Crippen LogP contribution in [0.4, 0.5) is 0 Å². The largest absolute Gasteiger partial charge is 0.301 e. The molecule has 114 valence electrons. The molecule has 0 aromatic heterocycles. The first kappa shape index (κ1) is 14.6. The van der Waals surface area contributed by atoms with Crippen LogP contribution in [-0.2, 0) is 0 Å². The van der Waals surface area contributed by atoms with Gasteiger partial charge >= 0.3 is 0 Å². The van der Waals surface area contributed by atoms with Crippen LogP contribution in [0, 0.1) is 29.1 Å². The van der Waals surface area contributed by atoms with Crippen molar-refractivity contribution < 1.29 is 0 Å². The highest BCUT2D eigenvalue weighted by Gasteiger charge is 2.62. The molecular weight excluding hydrogens is 242 g/mol. The topological polar surface area (TPSA) is 3.24 Å². The molecule has 1 aliphatic heterocycles. The summed E-state index contributed by atoms with van der Waals surface area (Å²) < 4.78 is 0. The van der Waals surface area contributed by atoms with E-state index in [-0.39, 0.29) is 0 Å². The van der Waals surface area contributed by atoms with Gasteiger partial charge in [0.2, 0.25) is 0 Å². The normalized spacial score (nSPS) is 32.9. The van der Waals surface area contributed by atoms with E-state index in [1.54, 1.807) is 0 Å². The van der Waals surface area contributed by atoms with Gasteiger partial charge in [-0.2, -0.15) is 0 Å². The fraction of sp³-hybridized carbons (Fsp3) is 0.895. The van der Waals surface area contributed by atoms with Gasteiger partial charge in [-0.25, -0.2) is 0 Å². The predicted molar refractivity (Wildman–Crippen MR) is 86.7 cm³/mol. The minimum Gasteiger partial charge on any atom is -0.301 e. The summed E-state index contributed by atoms with van der Waals surface area (Å²) in [4.78, 5) is 2.69. The van der Waals surface area contributed by atoms with Crippen LogP contribution in [0.5, 0.6) is 0 Å². The van der Waals surface area contributed by atoms with Crippen LogP contribution < -0.4 is 0 Å². The molecule has 2 aliphatic carbocycles. The van der Waals surface area contributed by atoms with Gasteiger partial charge in [0.05, 0.1) is 0 Å². The number of hydrogen-bond donors (Lipinski definition) is 0. The zero-order valence-corrected chi connectivity index (χ0v) is 14.4. The van der Waals surface area contributed by atoms with Gasteiger partial charge in [0.1, 0.15) is 0 Å². The van der Waals surface area contributed by atoms with E-state index in [2.05, 4.69) is 46.4 Å². The molecule has 0 aromatic rings. The van der Waals surface area contributed by atoms with E-state index in [0.717, 1.165) is 29.7 Å². The van der Waals surface area contributed by atoms with Crippen LogP contribution in [0.15, 0.2) is 11.1 Å². The Bertz CT molecular complexity index is 407. The Balaban J connectivity index is 1.90. The van der Waals surface area contributed by atoms with Crippen LogP contribution in [0.1, 0.15) is 60.8 Å². The Kier molecular flexibility index (Phi) is 3.56. The molecule has 2 fully saturated rings. The molecule has 1 heteroatoms. The summed E-state index contributed by atoms with van der Waals surface area (Å²) in [6, 6.07) is 0.722. The second kappa shape index (κ2) is 4.87. The Morgan fingerprint density at radius 2 is 1.55 bits per heavy atom. The van der Waals surface area contributed by atoms with E-state index >= 15 is 0 Å². The van der Waals surface area contributed by atoms with Crippen LogP contribution >= 0.6 is 0 Å². The number of allylic oxidation sites excluding steroid dienone is 2. The number of fused-ring (bicyclic) bond motifs is 2. The van der Waals surface area contributed by atoms with Crippen molar-refractivity contribution in [2.24, 2.45) is 29.1 Å². The van der Waals surface area contributed by atoms with Crippen molar-refractivity contribution in [3.05, 3.63) is 11.1 Å². The standard InChI is InChI=1S/C19H33N/c1-12(2)17-15-11-16(15)19(18(17)13(3)4)7-9-20(10-8-19)14(5)6/h12-16H,7-11H2,1-6H3. The maximum Gasteiger partial charge on any atom is 0.00386 e. The van der Waals surface area contributed by atoms with Crippen LogP contribution in [0.25, 0.3) is 0 Å². The molecule has 0 N–H and O–H groups in total. The number of rotatable bonds is 3. The van der Waals surface area contributed by atoms with E-state index in [0.29, 0.717) is 5.41 Å². The summed E-state index contributed by atoms with van der Waals surface area (Å²) in [5.41, 5.74) is 4.38. The SMILES string of the molecule is CC(C)C1=C(C(C)C)C2(CCN(C(C)C)CC2)C2CC12. The van der Waals surface area contributed by atoms with Gasteiger partial charge in [0.15, 0.2) is 0 Å². The molecular formula is C19H33N. The zero-order valence-electron chi connectivity index (χ0n) is 14.4. The third-order valence-corrected chi connectivity index (χ3v) is 6.37. The average molecular weight is 275 g/mol. The Labute approximate surface area is 125 Å². The van der Waals surface area contributed by atoms with Crippen molar-refractivity contribution >= 4 is 0 Å². The van der Waals surface area contributed by atoms with Crippen LogP contribution in [-0.4, -0.2) is 24.0 Å². The lowest BCUT2D eigenvalue weighted by Crippen LogP contribution is -2.45. The zero-order chi connectivity index (χ0) is 14.7. The first-order valence-electron chi connectivity index (χ1n) is 8.87. The van der Waals surface area contributed by atoms with E-state index in [1.807, 2.05) is 11.1 Å². The van der Waals surface area contributed by atoms with E-state index in [4.69, 9.17) is 0 Å². The summed E-state index contributed by atoms with van der Waals surface area (Å²) in [6.45, 7) is 17.1. The quantitative estimate of drug-likeness (QED) is 0.673. The van der Waals surface area contributed by atoms with Gasteiger partial charge in [0, 0.05) is 6.04 Å². The highest BCUT2D eigenvalue weighted by molar-refractivity contribution is 5.41. The number of nitrogens with zero attached hydrogens (tertiary/aromatic N) is 1. The van der Waals surface area contributed by atoms with E-state index < -0.39 is 0 Å². The monoisotopic (exact) mass is 275 g/mol. The minimum atomic E-state index is 0.601. The fourth-order valence-corrected chi connectivity index (χ4v) is 5.56. The second-order valence-electron chi connectivity index (χ2n) is 8.41. The highest BCUT2D eigenvalue weighted by atomic mass is 15.2. The molecule has 3 aliphatic rings. The maximum absolute atomic E-state index is 2.69. The van der Waals surface area contributed by atoms with Crippen molar-refractivity contribution in [2.45, 2.75) is 66.8 Å². The highest BCUT2D eigenvalue weighted by Crippen LogP contribution is 2.70. The minimum absolute atomic E-state index is 0.601. The fourth-order valence-electron chi connectivity index (χ4n) is 5.56. The molecule has 1 saturated carbocycles. The van der Waals surface area contributed by atoms with Gasteiger partial charge in [-0.1, -0.05) is 38.8 Å². The Hall–Kier alpha value is -0.300. The van der Waals surface area contributed by atoms with Gasteiger partial charge in [-0.05, 0) is 75.3 Å². The van der Waals surface area contributed by atoms with Crippen molar-refractivity contribution in [2.75, 3.05) is 13.1 Å². The number of hydrogen-bond acceptors (Lipinski definition) is 1. The molecule has 1 saturated heterocycles. The summed E-state index contributed by atoms with van der Waals surface area (Å²) in [6.07, 6.45) is 4.36. The smallest absolute Gasteiger partial charge is 0.00386 e. The molecule has 1 nitrogen and oxygen atoms in total. The molecule has 1 spiro atoms. The summed E-state index contributed by atoms with van der Waals surface area (Å²) >= 11 is 0. The van der Waals surface area contributed by atoms with Gasteiger partial charge in [-0.3, -0.25) is 0 Å². The molecule has 2 unspecified atom stereocenters. The average Bonchev–Trinajstić information content (AvgIpc) is 3.10. The Morgan fingerprint density at radius 1 is 0.950 bits per heavy atom. The molecule has 0 radical (unpaired) electrons. The number of piperidine rings is 1. The van der Waals surface area contributed by atoms with Crippen molar-refractivity contribution in [1.82, 2.24) is 4.90 Å². The molecule has 2 atom stereocenters. The Morgan fingerprint density at radius 3 is 2.00 bits per heavy atom. The van der Waals surface area contributed by atoms with Gasteiger partial charge < -0.3 is 4.90 Å². The van der Waals surface area contributed by atoms with Gasteiger partial charge in [0.25, 0.3) is 0 Å². The molecule has 0 bridgehead atoms. The molecule has 3 rings (SSSR count). The first-order valence-corrected chi connectivity index (χ1v) is 8.87. The summed E-state index contributed by atoms with van der Waals surface area (Å²) in [7, 11) is 0. The van der Waals surface area contributed by atoms with Crippen molar-refractivity contribution in [3.8, 4) is 0 Å². The lowest BCUT2D eigenvalue weighted by molar-refractivity contribution is 0.0884. The van der Waals surface area contributed by atoms with E-state index in [9.17, 15) is 0 Å². The van der Waals surface area contributed by atoms with Gasteiger partial charge in [-0.15, -0.1) is 0 Å². The first-order chi connectivity index (χ1) is 9.38. The summed E-state index contributed by atoms with van der Waals surface area (Å²) in [5.74, 6) is 3.51. The molecule has 0 aromatic carbocycles. The second-order valence-corrected chi connectivity index (χ2v) is 8.41. The molecule has 20 heavy (non-hydrogen) atoms. The number of likely N-dealkylation sites (tertiary alicyclic amines) is 1. The summed E-state index contributed by atoms with van der Waals surface area (Å²) in [5, 5.41) is 0. The maximum atomic E-state index is 2.69. The van der Waals surface area contributed by atoms with Crippen molar-refractivity contribution in [3.63, 3.8) is 0 Å². The van der Waals surface area contributed by atoms with Crippen LogP contribution in [0.2, 0.25) is 0 Å². The van der Waals surface area contributed by atoms with E-state index in [1.165, 1.54) is 32.4 Å². The third kappa shape index (κ3) is 2.00. The lowest BCUT2D eigenvalue weighted by atomic mass is 9.66. The lowest BCUT2D eigenvalue weighted by Gasteiger charge is -2.45. The predicted octanol–water partition coefficient (Wildman–Crippen LogP) is 4.74.